The monoisotopic (exact) mass is 383 g/mol. The smallest absolute Gasteiger partial charge is 0.241 e. The minimum atomic E-state index is -0.509. The fraction of sp³-hybridized carbons (Fsp3) is 0.0714. The summed E-state index contributed by atoms with van der Waals surface area (Å²) in [6.45, 7) is 2.02. The van der Waals surface area contributed by atoms with Crippen molar-refractivity contribution in [3.63, 3.8) is 0 Å². The number of primary amides is 1. The van der Waals surface area contributed by atoms with E-state index in [4.69, 9.17) is 10.2 Å². The Hall–Kier alpha value is -1.33. The van der Waals surface area contributed by atoms with Crippen molar-refractivity contribution in [1.82, 2.24) is 0 Å². The molecule has 0 radical (unpaired) electrons. The Morgan fingerprint density at radius 2 is 2.00 bits per heavy atom. The van der Waals surface area contributed by atoms with Gasteiger partial charge in [0.05, 0.1) is 4.47 Å². The molecule has 2 rings (SSSR count). The minimum absolute atomic E-state index is 0.509. The predicted molar refractivity (Wildman–Crippen MR) is 82.5 cm³/mol. The van der Waals surface area contributed by atoms with E-state index in [1.54, 1.807) is 12.1 Å². The van der Waals surface area contributed by atoms with E-state index in [0.717, 1.165) is 20.1 Å². The summed E-state index contributed by atoms with van der Waals surface area (Å²) in [6.07, 6.45) is 2.80. The summed E-state index contributed by atoms with van der Waals surface area (Å²) in [6, 6.07) is 7.79. The number of carbonyl (C=O) groups excluding carboxylic acids is 1. The van der Waals surface area contributed by atoms with Gasteiger partial charge in [-0.15, -0.1) is 0 Å². The highest BCUT2D eigenvalue weighted by molar-refractivity contribution is 9.11. The molecule has 1 amide bonds. The van der Waals surface area contributed by atoms with Gasteiger partial charge in [-0.05, 0) is 52.7 Å². The molecule has 0 saturated carbocycles. The Balaban J connectivity index is 2.43. The zero-order chi connectivity index (χ0) is 14.0. The van der Waals surface area contributed by atoms with Gasteiger partial charge in [0.15, 0.2) is 0 Å². The normalized spacial score (nSPS) is 11.1. The van der Waals surface area contributed by atoms with Crippen LogP contribution in [0.3, 0.4) is 0 Å². The van der Waals surface area contributed by atoms with Gasteiger partial charge < -0.3 is 10.2 Å². The summed E-state index contributed by atoms with van der Waals surface area (Å²) in [4.78, 5) is 10.7. The van der Waals surface area contributed by atoms with Gasteiger partial charge in [0.25, 0.3) is 0 Å². The molecule has 1 aromatic carbocycles. The topological polar surface area (TPSA) is 56.2 Å². The SMILES string of the molecule is Cc1ccc(-c2oc(/C=C/C(N)=O)cc2Br)c(Br)c1. The Morgan fingerprint density at radius 3 is 2.63 bits per heavy atom. The third-order valence-electron chi connectivity index (χ3n) is 2.49. The molecule has 0 spiro atoms. The van der Waals surface area contributed by atoms with Crippen LogP contribution < -0.4 is 5.73 Å². The molecule has 2 N–H and O–H groups in total. The molecule has 0 bridgehead atoms. The van der Waals surface area contributed by atoms with Crippen LogP contribution in [0.25, 0.3) is 17.4 Å². The van der Waals surface area contributed by atoms with Crippen molar-refractivity contribution in [3.05, 3.63) is 50.6 Å². The maximum atomic E-state index is 10.7. The fourth-order valence-electron chi connectivity index (χ4n) is 1.62. The molecular weight excluding hydrogens is 374 g/mol. The van der Waals surface area contributed by atoms with Gasteiger partial charge in [-0.2, -0.15) is 0 Å². The molecule has 0 atom stereocenters. The first-order valence-corrected chi connectivity index (χ1v) is 7.09. The summed E-state index contributed by atoms with van der Waals surface area (Å²) < 4.78 is 7.47. The molecule has 2 aromatic rings. The molecule has 0 aliphatic rings. The van der Waals surface area contributed by atoms with E-state index >= 15 is 0 Å². The van der Waals surface area contributed by atoms with Crippen LogP contribution in [0.1, 0.15) is 11.3 Å². The quantitative estimate of drug-likeness (QED) is 0.803. The van der Waals surface area contributed by atoms with Crippen LogP contribution in [-0.2, 0) is 4.79 Å². The average Bonchev–Trinajstić information content (AvgIpc) is 2.68. The molecule has 0 saturated heterocycles. The second-order valence-electron chi connectivity index (χ2n) is 4.04. The lowest BCUT2D eigenvalue weighted by atomic mass is 10.1. The van der Waals surface area contributed by atoms with Crippen molar-refractivity contribution < 1.29 is 9.21 Å². The van der Waals surface area contributed by atoms with E-state index in [1.165, 1.54) is 6.08 Å². The van der Waals surface area contributed by atoms with Crippen LogP contribution in [0.4, 0.5) is 0 Å². The second-order valence-corrected chi connectivity index (χ2v) is 5.75. The van der Waals surface area contributed by atoms with E-state index < -0.39 is 5.91 Å². The number of benzene rings is 1. The highest BCUT2D eigenvalue weighted by atomic mass is 79.9. The number of rotatable bonds is 3. The van der Waals surface area contributed by atoms with Crippen LogP contribution in [0.15, 0.2) is 43.7 Å². The number of halogens is 2. The largest absolute Gasteiger partial charge is 0.455 e. The van der Waals surface area contributed by atoms with Gasteiger partial charge in [-0.3, -0.25) is 4.79 Å². The molecule has 0 unspecified atom stereocenters. The van der Waals surface area contributed by atoms with Crippen molar-refractivity contribution in [2.24, 2.45) is 5.73 Å². The summed E-state index contributed by atoms with van der Waals surface area (Å²) in [5.74, 6) is 0.759. The third kappa shape index (κ3) is 3.36. The van der Waals surface area contributed by atoms with Gasteiger partial charge in [-0.25, -0.2) is 0 Å². The lowest BCUT2D eigenvalue weighted by Gasteiger charge is -2.03. The molecule has 1 heterocycles. The van der Waals surface area contributed by atoms with Gasteiger partial charge in [0.2, 0.25) is 5.91 Å². The number of nitrogens with two attached hydrogens (primary N) is 1. The highest BCUT2D eigenvalue weighted by Gasteiger charge is 2.13. The van der Waals surface area contributed by atoms with Gasteiger partial charge >= 0.3 is 0 Å². The molecule has 98 valence electrons. The Kier molecular flexibility index (Phi) is 4.27. The van der Waals surface area contributed by atoms with Crippen LogP contribution >= 0.6 is 31.9 Å². The Labute approximate surface area is 127 Å². The standard InChI is InChI=1S/C14H11Br2NO2/c1-8-2-4-10(11(15)6-8)14-12(16)7-9(19-14)3-5-13(17)18/h2-7H,1H3,(H2,17,18)/b5-3+. The molecule has 19 heavy (non-hydrogen) atoms. The molecule has 0 aliphatic carbocycles. The number of carbonyl (C=O) groups is 1. The molecule has 1 aromatic heterocycles. The maximum Gasteiger partial charge on any atom is 0.241 e. The summed E-state index contributed by atoms with van der Waals surface area (Å²) in [5.41, 5.74) is 7.15. The minimum Gasteiger partial charge on any atom is -0.455 e. The van der Waals surface area contributed by atoms with Crippen LogP contribution in [0.5, 0.6) is 0 Å². The zero-order valence-electron chi connectivity index (χ0n) is 10.1. The third-order valence-corrected chi connectivity index (χ3v) is 3.73. The van der Waals surface area contributed by atoms with Crippen LogP contribution in [0.2, 0.25) is 0 Å². The number of hydrogen-bond acceptors (Lipinski definition) is 2. The van der Waals surface area contributed by atoms with Crippen molar-refractivity contribution in [2.75, 3.05) is 0 Å². The number of aryl methyl sites for hydroxylation is 1. The van der Waals surface area contributed by atoms with Gasteiger partial charge in [0, 0.05) is 16.1 Å². The van der Waals surface area contributed by atoms with E-state index in [-0.39, 0.29) is 0 Å². The van der Waals surface area contributed by atoms with E-state index in [1.807, 2.05) is 25.1 Å². The van der Waals surface area contributed by atoms with Crippen molar-refractivity contribution >= 4 is 43.8 Å². The van der Waals surface area contributed by atoms with E-state index in [2.05, 4.69) is 31.9 Å². The molecule has 5 heteroatoms. The van der Waals surface area contributed by atoms with Crippen molar-refractivity contribution in [2.45, 2.75) is 6.92 Å². The first-order valence-electron chi connectivity index (χ1n) is 5.51. The molecule has 0 aliphatic heterocycles. The van der Waals surface area contributed by atoms with E-state index in [0.29, 0.717) is 11.5 Å². The summed E-state index contributed by atoms with van der Waals surface area (Å²) >= 11 is 6.97. The number of amides is 1. The number of hydrogen-bond donors (Lipinski definition) is 1. The molecule has 3 nitrogen and oxygen atoms in total. The van der Waals surface area contributed by atoms with E-state index in [9.17, 15) is 4.79 Å². The molecular formula is C14H11Br2NO2. The van der Waals surface area contributed by atoms with Crippen LogP contribution in [0, 0.1) is 6.92 Å². The molecule has 0 fully saturated rings. The second kappa shape index (κ2) is 5.75. The summed E-state index contributed by atoms with van der Waals surface area (Å²) in [5, 5.41) is 0. The Morgan fingerprint density at radius 1 is 1.26 bits per heavy atom. The fourth-order valence-corrected chi connectivity index (χ4v) is 2.81. The predicted octanol–water partition coefficient (Wildman–Crippen LogP) is 4.28. The lowest BCUT2D eigenvalue weighted by molar-refractivity contribution is -0.113. The first kappa shape index (κ1) is 14.1. The van der Waals surface area contributed by atoms with Gasteiger partial charge in [-0.1, -0.05) is 22.0 Å². The Bertz CT molecular complexity index is 659. The van der Waals surface area contributed by atoms with Crippen molar-refractivity contribution in [3.8, 4) is 11.3 Å². The average molecular weight is 385 g/mol. The van der Waals surface area contributed by atoms with Gasteiger partial charge in [0.1, 0.15) is 11.5 Å². The highest BCUT2D eigenvalue weighted by Crippen LogP contribution is 2.36. The first-order chi connectivity index (χ1) is 8.97. The zero-order valence-corrected chi connectivity index (χ0v) is 13.3. The van der Waals surface area contributed by atoms with Crippen LogP contribution in [-0.4, -0.2) is 5.91 Å². The maximum absolute atomic E-state index is 10.7. The summed E-state index contributed by atoms with van der Waals surface area (Å²) in [7, 11) is 0. The van der Waals surface area contributed by atoms with Crippen molar-refractivity contribution in [1.29, 1.82) is 0 Å². The lowest BCUT2D eigenvalue weighted by Crippen LogP contribution is -2.04. The number of furan rings is 1.